The van der Waals surface area contributed by atoms with Crippen molar-refractivity contribution in [3.8, 4) is 6.07 Å². The molecule has 0 saturated heterocycles. The van der Waals surface area contributed by atoms with Crippen molar-refractivity contribution in [2.45, 2.75) is 38.6 Å². The van der Waals surface area contributed by atoms with Crippen LogP contribution in [-0.4, -0.2) is 6.04 Å². The zero-order valence-corrected chi connectivity index (χ0v) is 10.0. The molecule has 0 spiro atoms. The van der Waals surface area contributed by atoms with Crippen molar-refractivity contribution >= 4 is 5.69 Å². The first-order valence-electron chi connectivity index (χ1n) is 6.15. The molecule has 0 amide bonds. The van der Waals surface area contributed by atoms with E-state index >= 15 is 0 Å². The van der Waals surface area contributed by atoms with E-state index < -0.39 is 0 Å². The molecule has 1 aromatic rings. The normalized spacial score (nSPS) is 16.3. The number of rotatable bonds is 5. The standard InChI is InChI=1S/C14H17FN2/c1-10(2-3-11-4-5-11)17-14-7-6-13(15)8-12(14)9-16/h6-8,10-11,17H,2-5H2,1H3. The summed E-state index contributed by atoms with van der Waals surface area (Å²) in [7, 11) is 0. The average molecular weight is 232 g/mol. The Morgan fingerprint density at radius 1 is 1.53 bits per heavy atom. The molecule has 0 aliphatic heterocycles. The van der Waals surface area contributed by atoms with Gasteiger partial charge in [0.25, 0.3) is 0 Å². The maximum absolute atomic E-state index is 13.0. The van der Waals surface area contributed by atoms with E-state index in [2.05, 4.69) is 12.2 Å². The topological polar surface area (TPSA) is 35.8 Å². The van der Waals surface area contributed by atoms with Crippen LogP contribution < -0.4 is 5.32 Å². The number of benzene rings is 1. The van der Waals surface area contributed by atoms with Crippen LogP contribution in [0.4, 0.5) is 10.1 Å². The van der Waals surface area contributed by atoms with Crippen LogP contribution in [0, 0.1) is 23.1 Å². The SMILES string of the molecule is CC(CCC1CC1)Nc1ccc(F)cc1C#N. The zero-order valence-electron chi connectivity index (χ0n) is 10.0. The van der Waals surface area contributed by atoms with E-state index in [4.69, 9.17) is 5.26 Å². The predicted molar refractivity (Wildman–Crippen MR) is 66.2 cm³/mol. The summed E-state index contributed by atoms with van der Waals surface area (Å²) in [6.45, 7) is 2.10. The minimum absolute atomic E-state index is 0.327. The number of hydrogen-bond acceptors (Lipinski definition) is 2. The lowest BCUT2D eigenvalue weighted by Crippen LogP contribution is -2.16. The largest absolute Gasteiger partial charge is 0.382 e. The van der Waals surface area contributed by atoms with Crippen molar-refractivity contribution in [2.75, 3.05) is 5.32 Å². The smallest absolute Gasteiger partial charge is 0.124 e. The first kappa shape index (κ1) is 11.9. The van der Waals surface area contributed by atoms with Crippen molar-refractivity contribution in [2.24, 2.45) is 5.92 Å². The van der Waals surface area contributed by atoms with Gasteiger partial charge in [0.1, 0.15) is 11.9 Å². The van der Waals surface area contributed by atoms with E-state index in [0.29, 0.717) is 11.6 Å². The average Bonchev–Trinajstić information content (AvgIpc) is 3.12. The van der Waals surface area contributed by atoms with E-state index in [9.17, 15) is 4.39 Å². The Morgan fingerprint density at radius 2 is 2.29 bits per heavy atom. The molecular weight excluding hydrogens is 215 g/mol. The van der Waals surface area contributed by atoms with Crippen LogP contribution >= 0.6 is 0 Å². The third-order valence-electron chi connectivity index (χ3n) is 3.21. The van der Waals surface area contributed by atoms with E-state index in [1.165, 1.54) is 31.4 Å². The van der Waals surface area contributed by atoms with Crippen molar-refractivity contribution < 1.29 is 4.39 Å². The molecule has 1 unspecified atom stereocenters. The van der Waals surface area contributed by atoms with Gasteiger partial charge >= 0.3 is 0 Å². The van der Waals surface area contributed by atoms with Gasteiger partial charge in [-0.15, -0.1) is 0 Å². The third-order valence-corrected chi connectivity index (χ3v) is 3.21. The number of nitrogens with zero attached hydrogens (tertiary/aromatic N) is 1. The van der Waals surface area contributed by atoms with Gasteiger partial charge in [0, 0.05) is 6.04 Å². The highest BCUT2D eigenvalue weighted by atomic mass is 19.1. The monoisotopic (exact) mass is 232 g/mol. The predicted octanol–water partition coefficient (Wildman–Crippen LogP) is 3.69. The summed E-state index contributed by atoms with van der Waals surface area (Å²) in [5.74, 6) is 0.556. The molecular formula is C14H17FN2. The van der Waals surface area contributed by atoms with E-state index in [1.54, 1.807) is 6.07 Å². The number of halogens is 1. The van der Waals surface area contributed by atoms with Crippen LogP contribution in [0.2, 0.25) is 0 Å². The molecule has 2 nitrogen and oxygen atoms in total. The van der Waals surface area contributed by atoms with E-state index in [-0.39, 0.29) is 5.82 Å². The molecule has 1 aliphatic carbocycles. The van der Waals surface area contributed by atoms with Crippen molar-refractivity contribution in [1.82, 2.24) is 0 Å². The molecule has 0 heterocycles. The highest BCUT2D eigenvalue weighted by Crippen LogP contribution is 2.34. The van der Waals surface area contributed by atoms with Crippen molar-refractivity contribution in [3.05, 3.63) is 29.6 Å². The molecule has 1 fully saturated rings. The molecule has 1 saturated carbocycles. The Balaban J connectivity index is 1.94. The highest BCUT2D eigenvalue weighted by Gasteiger charge is 2.21. The van der Waals surface area contributed by atoms with Crippen LogP contribution in [0.5, 0.6) is 0 Å². The number of nitriles is 1. The van der Waals surface area contributed by atoms with Gasteiger partial charge in [-0.2, -0.15) is 5.26 Å². The summed E-state index contributed by atoms with van der Waals surface area (Å²) in [6, 6.07) is 6.64. The molecule has 2 rings (SSSR count). The molecule has 1 aromatic carbocycles. The lowest BCUT2D eigenvalue weighted by Gasteiger charge is -2.16. The van der Waals surface area contributed by atoms with Crippen molar-refractivity contribution in [3.63, 3.8) is 0 Å². The molecule has 0 bridgehead atoms. The van der Waals surface area contributed by atoms with Crippen LogP contribution in [-0.2, 0) is 0 Å². The molecule has 1 aliphatic rings. The maximum Gasteiger partial charge on any atom is 0.124 e. The molecule has 17 heavy (non-hydrogen) atoms. The number of nitrogens with one attached hydrogen (secondary N) is 1. The molecule has 1 N–H and O–H groups in total. The summed E-state index contributed by atoms with van der Waals surface area (Å²) >= 11 is 0. The van der Waals surface area contributed by atoms with Gasteiger partial charge in [0.05, 0.1) is 11.3 Å². The summed E-state index contributed by atoms with van der Waals surface area (Å²) in [5, 5.41) is 12.2. The first-order valence-corrected chi connectivity index (χ1v) is 6.15. The Morgan fingerprint density at radius 3 is 2.94 bits per heavy atom. The lowest BCUT2D eigenvalue weighted by atomic mass is 10.1. The van der Waals surface area contributed by atoms with Crippen molar-refractivity contribution in [1.29, 1.82) is 5.26 Å². The number of hydrogen-bond donors (Lipinski definition) is 1. The van der Waals surface area contributed by atoms with Crippen LogP contribution in [0.1, 0.15) is 38.2 Å². The molecule has 0 radical (unpaired) electrons. The molecule has 3 heteroatoms. The van der Waals surface area contributed by atoms with Gasteiger partial charge < -0.3 is 5.32 Å². The summed E-state index contributed by atoms with van der Waals surface area (Å²) in [6.07, 6.45) is 5.09. The summed E-state index contributed by atoms with van der Waals surface area (Å²) in [5.41, 5.74) is 1.11. The van der Waals surface area contributed by atoms with Gasteiger partial charge in [-0.05, 0) is 43.9 Å². The Labute approximate surface area is 101 Å². The minimum atomic E-state index is -0.363. The maximum atomic E-state index is 13.0. The number of anilines is 1. The fourth-order valence-electron chi connectivity index (χ4n) is 1.96. The van der Waals surface area contributed by atoms with E-state index in [0.717, 1.165) is 18.0 Å². The first-order chi connectivity index (χ1) is 8.19. The lowest BCUT2D eigenvalue weighted by molar-refractivity contribution is 0.609. The van der Waals surface area contributed by atoms with E-state index in [1.807, 2.05) is 6.07 Å². The fourth-order valence-corrected chi connectivity index (χ4v) is 1.96. The second-order valence-corrected chi connectivity index (χ2v) is 4.87. The highest BCUT2D eigenvalue weighted by molar-refractivity contribution is 5.57. The van der Waals surface area contributed by atoms with Crippen LogP contribution in [0.15, 0.2) is 18.2 Å². The van der Waals surface area contributed by atoms with Crippen LogP contribution in [0.25, 0.3) is 0 Å². The van der Waals surface area contributed by atoms with Gasteiger partial charge in [0.2, 0.25) is 0 Å². The third kappa shape index (κ3) is 3.45. The molecule has 90 valence electrons. The molecule has 1 atom stereocenters. The summed E-state index contributed by atoms with van der Waals surface area (Å²) < 4.78 is 13.0. The van der Waals surface area contributed by atoms with Gasteiger partial charge in [0.15, 0.2) is 0 Å². The zero-order chi connectivity index (χ0) is 12.3. The Hall–Kier alpha value is -1.56. The van der Waals surface area contributed by atoms with Crippen LogP contribution in [0.3, 0.4) is 0 Å². The van der Waals surface area contributed by atoms with Gasteiger partial charge in [-0.3, -0.25) is 0 Å². The summed E-state index contributed by atoms with van der Waals surface area (Å²) in [4.78, 5) is 0. The Kier molecular flexibility index (Phi) is 3.63. The fraction of sp³-hybridized carbons (Fsp3) is 0.500. The second-order valence-electron chi connectivity index (χ2n) is 4.87. The Bertz CT molecular complexity index is 432. The van der Waals surface area contributed by atoms with Gasteiger partial charge in [-0.25, -0.2) is 4.39 Å². The second kappa shape index (κ2) is 5.18. The quantitative estimate of drug-likeness (QED) is 0.840. The molecule has 0 aromatic heterocycles. The van der Waals surface area contributed by atoms with Gasteiger partial charge in [-0.1, -0.05) is 12.8 Å². The minimum Gasteiger partial charge on any atom is -0.382 e.